The second kappa shape index (κ2) is 8.13. The number of methoxy groups -OCH3 is 1. The van der Waals surface area contributed by atoms with Crippen molar-refractivity contribution >= 4 is 11.6 Å². The van der Waals surface area contributed by atoms with Crippen molar-refractivity contribution in [2.45, 2.75) is 45.3 Å². The number of rotatable bonds is 6. The number of nitrogen functional groups attached to an aromatic ring is 1. The number of benzene rings is 2. The topological polar surface area (TPSA) is 73.6 Å². The molecular weight excluding hydrogens is 328 g/mol. The number of hydrogen-bond donors (Lipinski definition) is 2. The van der Waals surface area contributed by atoms with E-state index in [1.54, 1.807) is 19.2 Å². The lowest BCUT2D eigenvalue weighted by Gasteiger charge is -2.17. The minimum atomic E-state index is -0.135. The van der Waals surface area contributed by atoms with Gasteiger partial charge in [-0.05, 0) is 68.0 Å². The minimum absolute atomic E-state index is 0.135. The number of carbonyl (C=O) groups is 1. The molecular formula is C21H26N2O3. The molecule has 0 aliphatic heterocycles. The van der Waals surface area contributed by atoms with Crippen LogP contribution in [0.25, 0.3) is 0 Å². The summed E-state index contributed by atoms with van der Waals surface area (Å²) in [4.78, 5) is 12.5. The second-order valence-corrected chi connectivity index (χ2v) is 6.77. The zero-order chi connectivity index (χ0) is 18.5. The Hall–Kier alpha value is -2.69. The van der Waals surface area contributed by atoms with Gasteiger partial charge in [0.25, 0.3) is 5.91 Å². The number of aryl methyl sites for hydroxylation is 1. The van der Waals surface area contributed by atoms with Crippen LogP contribution in [0.5, 0.6) is 11.5 Å². The number of amides is 1. The van der Waals surface area contributed by atoms with Gasteiger partial charge in [-0.1, -0.05) is 12.1 Å². The molecule has 0 radical (unpaired) electrons. The van der Waals surface area contributed by atoms with Gasteiger partial charge >= 0.3 is 0 Å². The molecule has 1 amide bonds. The van der Waals surface area contributed by atoms with Gasteiger partial charge in [-0.3, -0.25) is 4.79 Å². The molecule has 0 unspecified atom stereocenters. The van der Waals surface area contributed by atoms with Crippen LogP contribution in [0.1, 0.15) is 47.2 Å². The first-order valence-corrected chi connectivity index (χ1v) is 9.04. The summed E-state index contributed by atoms with van der Waals surface area (Å²) in [5, 5.41) is 2.95. The summed E-state index contributed by atoms with van der Waals surface area (Å²) in [6, 6.07) is 11.1. The maximum atomic E-state index is 12.5. The zero-order valence-electron chi connectivity index (χ0n) is 15.4. The number of hydrogen-bond acceptors (Lipinski definition) is 4. The van der Waals surface area contributed by atoms with Gasteiger partial charge in [0.1, 0.15) is 0 Å². The van der Waals surface area contributed by atoms with Gasteiger partial charge in [0, 0.05) is 17.8 Å². The average molecular weight is 354 g/mol. The molecule has 0 atom stereocenters. The van der Waals surface area contributed by atoms with Gasteiger partial charge < -0.3 is 20.5 Å². The normalized spacial score (nSPS) is 14.2. The summed E-state index contributed by atoms with van der Waals surface area (Å²) in [5.41, 5.74) is 8.84. The molecule has 1 aliphatic rings. The highest BCUT2D eigenvalue weighted by Crippen LogP contribution is 2.32. The molecule has 5 nitrogen and oxygen atoms in total. The largest absolute Gasteiger partial charge is 0.493 e. The Morgan fingerprint density at radius 2 is 1.92 bits per heavy atom. The highest BCUT2D eigenvalue weighted by Gasteiger charge is 2.19. The van der Waals surface area contributed by atoms with Crippen molar-refractivity contribution in [1.82, 2.24) is 5.32 Å². The molecule has 26 heavy (non-hydrogen) atoms. The van der Waals surface area contributed by atoms with Gasteiger partial charge in [-0.25, -0.2) is 0 Å². The number of nitrogens with two attached hydrogens (primary N) is 1. The molecule has 0 saturated heterocycles. The van der Waals surface area contributed by atoms with Crippen LogP contribution in [0.15, 0.2) is 36.4 Å². The summed E-state index contributed by atoms with van der Waals surface area (Å²) in [6.07, 6.45) is 4.84. The predicted molar refractivity (Wildman–Crippen MR) is 103 cm³/mol. The van der Waals surface area contributed by atoms with Gasteiger partial charge in [0.05, 0.1) is 13.2 Å². The van der Waals surface area contributed by atoms with Gasteiger partial charge in [0.2, 0.25) is 0 Å². The molecule has 2 aromatic rings. The van der Waals surface area contributed by atoms with Crippen LogP contribution in [0, 0.1) is 6.92 Å². The number of ether oxygens (including phenoxy) is 2. The van der Waals surface area contributed by atoms with Crippen molar-refractivity contribution in [2.24, 2.45) is 0 Å². The standard InChI is InChI=1S/C21H26N2O3/c1-14-7-9-16(22)12-18(14)21(24)23-13-15-8-10-19(25-2)20(11-15)26-17-5-3-4-6-17/h7-12,17H,3-6,13,22H2,1-2H3,(H,23,24). The Morgan fingerprint density at radius 1 is 1.15 bits per heavy atom. The van der Waals surface area contributed by atoms with Crippen LogP contribution < -0.4 is 20.5 Å². The monoisotopic (exact) mass is 354 g/mol. The van der Waals surface area contributed by atoms with Crippen molar-refractivity contribution in [1.29, 1.82) is 0 Å². The van der Waals surface area contributed by atoms with E-state index in [1.165, 1.54) is 12.8 Å². The maximum absolute atomic E-state index is 12.5. The first-order chi connectivity index (χ1) is 12.6. The third-order valence-corrected chi connectivity index (χ3v) is 4.78. The van der Waals surface area contributed by atoms with Crippen molar-refractivity contribution in [3.63, 3.8) is 0 Å². The predicted octanol–water partition coefficient (Wildman–Crippen LogP) is 3.84. The fraction of sp³-hybridized carbons (Fsp3) is 0.381. The summed E-state index contributed by atoms with van der Waals surface area (Å²) in [7, 11) is 1.64. The molecule has 1 saturated carbocycles. The molecule has 3 N–H and O–H groups in total. The first kappa shape index (κ1) is 18.1. The van der Waals surface area contributed by atoms with Crippen LogP contribution in [-0.4, -0.2) is 19.1 Å². The Labute approximate surface area is 154 Å². The van der Waals surface area contributed by atoms with Crippen LogP contribution in [0.4, 0.5) is 5.69 Å². The number of carbonyl (C=O) groups excluding carboxylic acids is 1. The SMILES string of the molecule is COc1ccc(CNC(=O)c2cc(N)ccc2C)cc1OC1CCCC1. The molecule has 0 heterocycles. The van der Waals surface area contributed by atoms with E-state index in [1.807, 2.05) is 31.2 Å². The Bertz CT molecular complexity index is 783. The zero-order valence-corrected chi connectivity index (χ0v) is 15.4. The molecule has 1 fully saturated rings. The third kappa shape index (κ3) is 4.28. The fourth-order valence-corrected chi connectivity index (χ4v) is 3.27. The summed E-state index contributed by atoms with van der Waals surface area (Å²) >= 11 is 0. The van der Waals surface area contributed by atoms with E-state index >= 15 is 0 Å². The van der Waals surface area contributed by atoms with E-state index in [0.29, 0.717) is 17.8 Å². The first-order valence-electron chi connectivity index (χ1n) is 9.04. The Balaban J connectivity index is 1.69. The molecule has 0 spiro atoms. The second-order valence-electron chi connectivity index (χ2n) is 6.77. The highest BCUT2D eigenvalue weighted by atomic mass is 16.5. The van der Waals surface area contributed by atoms with Gasteiger partial charge in [-0.2, -0.15) is 0 Å². The van der Waals surface area contributed by atoms with Gasteiger partial charge in [0.15, 0.2) is 11.5 Å². The summed E-state index contributed by atoms with van der Waals surface area (Å²) < 4.78 is 11.5. The molecule has 3 rings (SSSR count). The van der Waals surface area contributed by atoms with E-state index in [0.717, 1.165) is 35.5 Å². The van der Waals surface area contributed by atoms with Crippen LogP contribution in [0.2, 0.25) is 0 Å². The molecule has 138 valence electrons. The summed E-state index contributed by atoms with van der Waals surface area (Å²) in [5.74, 6) is 1.33. The molecule has 0 bridgehead atoms. The highest BCUT2D eigenvalue weighted by molar-refractivity contribution is 5.96. The van der Waals surface area contributed by atoms with E-state index in [4.69, 9.17) is 15.2 Å². The summed E-state index contributed by atoms with van der Waals surface area (Å²) in [6.45, 7) is 2.31. The maximum Gasteiger partial charge on any atom is 0.251 e. The van der Waals surface area contributed by atoms with Crippen molar-refractivity contribution in [2.75, 3.05) is 12.8 Å². The lowest BCUT2D eigenvalue weighted by atomic mass is 10.1. The average Bonchev–Trinajstić information content (AvgIpc) is 3.15. The quantitative estimate of drug-likeness (QED) is 0.773. The Kier molecular flexibility index (Phi) is 5.66. The van der Waals surface area contributed by atoms with E-state index in [9.17, 15) is 4.79 Å². The molecule has 5 heteroatoms. The molecule has 1 aliphatic carbocycles. The van der Waals surface area contributed by atoms with E-state index in [2.05, 4.69) is 5.32 Å². The van der Waals surface area contributed by atoms with Crippen molar-refractivity contribution in [3.05, 3.63) is 53.1 Å². The Morgan fingerprint density at radius 3 is 2.65 bits per heavy atom. The van der Waals surface area contributed by atoms with Crippen molar-refractivity contribution in [3.8, 4) is 11.5 Å². The number of anilines is 1. The van der Waals surface area contributed by atoms with Crippen LogP contribution in [0.3, 0.4) is 0 Å². The van der Waals surface area contributed by atoms with E-state index in [-0.39, 0.29) is 12.0 Å². The van der Waals surface area contributed by atoms with Crippen LogP contribution in [-0.2, 0) is 6.54 Å². The molecule has 2 aromatic carbocycles. The van der Waals surface area contributed by atoms with Crippen LogP contribution >= 0.6 is 0 Å². The lowest BCUT2D eigenvalue weighted by Crippen LogP contribution is -2.23. The lowest BCUT2D eigenvalue weighted by molar-refractivity contribution is 0.0950. The smallest absolute Gasteiger partial charge is 0.251 e. The van der Waals surface area contributed by atoms with Gasteiger partial charge in [-0.15, -0.1) is 0 Å². The van der Waals surface area contributed by atoms with E-state index < -0.39 is 0 Å². The van der Waals surface area contributed by atoms with Crippen molar-refractivity contribution < 1.29 is 14.3 Å². The fourth-order valence-electron chi connectivity index (χ4n) is 3.27. The number of nitrogens with one attached hydrogen (secondary N) is 1. The third-order valence-electron chi connectivity index (χ3n) is 4.78. The molecule has 0 aromatic heterocycles. The minimum Gasteiger partial charge on any atom is -0.493 e.